The van der Waals surface area contributed by atoms with Crippen LogP contribution in [0.25, 0.3) is 0 Å². The van der Waals surface area contributed by atoms with Crippen molar-refractivity contribution in [3.05, 3.63) is 60.8 Å². The number of carbonyl (C=O) groups is 1. The number of thioether (sulfide) groups is 1. The largest absolute Gasteiger partial charge is 0.465 e. The average molecular weight is 245 g/mol. The molecule has 0 unspecified atom stereocenters. The highest BCUT2D eigenvalue weighted by molar-refractivity contribution is 8.02. The Bertz CT molecular complexity index is 364. The van der Waals surface area contributed by atoms with Crippen molar-refractivity contribution >= 4 is 17.7 Å². The predicted molar refractivity (Wildman–Crippen MR) is 68.3 cm³/mol. The van der Waals surface area contributed by atoms with Gasteiger partial charge in [-0.3, -0.25) is 4.79 Å². The molecule has 0 atom stereocenters. The van der Waals surface area contributed by atoms with Crippen LogP contribution in [0.4, 0.5) is 0 Å². The fourth-order valence-corrected chi connectivity index (χ4v) is 2.41. The van der Waals surface area contributed by atoms with Gasteiger partial charge in [0, 0.05) is 23.0 Å². The summed E-state index contributed by atoms with van der Waals surface area (Å²) in [5, 5.41) is 1.14. The molecule has 17 heavy (non-hydrogen) atoms. The molecule has 1 aliphatic carbocycles. The standard InChI is InChI=1S/C14H13O2S/c1-11(15)16-10-12-6-5-9-14(12)17-13-7-3-2-4-8-13/h2-9H,10H2,1H3. The predicted octanol–water partition coefficient (Wildman–Crippen LogP) is 3.07. The Morgan fingerprint density at radius 3 is 2.71 bits per heavy atom. The van der Waals surface area contributed by atoms with Gasteiger partial charge in [-0.2, -0.15) is 0 Å². The molecule has 0 bridgehead atoms. The highest BCUT2D eigenvalue weighted by Gasteiger charge is 2.31. The summed E-state index contributed by atoms with van der Waals surface area (Å²) in [6, 6.07) is 10.1. The second-order valence-corrected chi connectivity index (χ2v) is 4.73. The van der Waals surface area contributed by atoms with Crippen molar-refractivity contribution in [2.45, 2.75) is 11.8 Å². The van der Waals surface area contributed by atoms with E-state index < -0.39 is 0 Å². The maximum Gasteiger partial charge on any atom is 0.302 e. The minimum Gasteiger partial charge on any atom is -0.465 e. The van der Waals surface area contributed by atoms with Gasteiger partial charge in [-0.25, -0.2) is 0 Å². The van der Waals surface area contributed by atoms with E-state index in [1.807, 2.05) is 37.5 Å². The van der Waals surface area contributed by atoms with Crippen molar-refractivity contribution in [2.75, 3.05) is 6.61 Å². The van der Waals surface area contributed by atoms with Gasteiger partial charge < -0.3 is 4.74 Å². The Morgan fingerprint density at radius 1 is 1.24 bits per heavy atom. The molecule has 1 aromatic carbocycles. The first-order valence-electron chi connectivity index (χ1n) is 5.36. The normalized spacial score (nSPS) is 17.2. The van der Waals surface area contributed by atoms with E-state index in [9.17, 15) is 4.79 Å². The minimum absolute atomic E-state index is 0.248. The summed E-state index contributed by atoms with van der Waals surface area (Å²) in [5.74, 6) is 0.802. The summed E-state index contributed by atoms with van der Waals surface area (Å²) >= 11 is 1.68. The van der Waals surface area contributed by atoms with Crippen molar-refractivity contribution in [3.8, 4) is 0 Å². The van der Waals surface area contributed by atoms with E-state index in [1.54, 1.807) is 11.8 Å². The van der Waals surface area contributed by atoms with E-state index in [1.165, 1.54) is 11.8 Å². The van der Waals surface area contributed by atoms with Crippen molar-refractivity contribution in [1.82, 2.24) is 0 Å². The van der Waals surface area contributed by atoms with Gasteiger partial charge in [0.15, 0.2) is 0 Å². The van der Waals surface area contributed by atoms with Gasteiger partial charge in [0.25, 0.3) is 0 Å². The lowest BCUT2D eigenvalue weighted by atomic mass is 10.1. The quantitative estimate of drug-likeness (QED) is 0.763. The van der Waals surface area contributed by atoms with Crippen LogP contribution in [0, 0.1) is 30.4 Å². The molecule has 1 saturated carbocycles. The Balaban J connectivity index is 1.89. The molecule has 0 N–H and O–H groups in total. The number of ether oxygens (including phenoxy) is 1. The number of hydrogen-bond donors (Lipinski definition) is 0. The molecule has 0 saturated heterocycles. The third-order valence-corrected chi connectivity index (χ3v) is 3.39. The van der Waals surface area contributed by atoms with Crippen LogP contribution in [0.2, 0.25) is 0 Å². The SMILES string of the molecule is CC(=O)OC[C]1[CH][CH][CH][C]1Sc1ccccc1. The molecule has 0 amide bonds. The van der Waals surface area contributed by atoms with Crippen LogP contribution in [0.3, 0.4) is 0 Å². The minimum atomic E-state index is -0.248. The van der Waals surface area contributed by atoms with Gasteiger partial charge in [0.1, 0.15) is 0 Å². The molecular formula is C14H13O2S. The number of rotatable bonds is 4. The van der Waals surface area contributed by atoms with Crippen molar-refractivity contribution in [1.29, 1.82) is 0 Å². The third kappa shape index (κ3) is 3.77. The van der Waals surface area contributed by atoms with Gasteiger partial charge >= 0.3 is 5.97 Å². The lowest BCUT2D eigenvalue weighted by Crippen LogP contribution is -2.11. The molecule has 1 aromatic rings. The molecule has 2 nitrogen and oxygen atoms in total. The Kier molecular flexibility index (Phi) is 4.49. The zero-order valence-electron chi connectivity index (χ0n) is 9.55. The van der Waals surface area contributed by atoms with Crippen molar-refractivity contribution < 1.29 is 9.53 Å². The van der Waals surface area contributed by atoms with E-state index in [4.69, 9.17) is 4.74 Å². The summed E-state index contributed by atoms with van der Waals surface area (Å²) in [4.78, 5) is 12.0. The average Bonchev–Trinajstić information content (AvgIpc) is 2.75. The first-order valence-corrected chi connectivity index (χ1v) is 6.18. The van der Waals surface area contributed by atoms with E-state index in [-0.39, 0.29) is 5.97 Å². The van der Waals surface area contributed by atoms with E-state index in [2.05, 4.69) is 12.1 Å². The monoisotopic (exact) mass is 245 g/mol. The first kappa shape index (κ1) is 12.5. The topological polar surface area (TPSA) is 26.3 Å². The molecule has 0 heterocycles. The summed E-state index contributed by atoms with van der Waals surface area (Å²) in [5.41, 5.74) is 0. The van der Waals surface area contributed by atoms with Gasteiger partial charge in [-0.05, 0) is 31.4 Å². The summed E-state index contributed by atoms with van der Waals surface area (Å²) in [6.07, 6.45) is 5.99. The summed E-state index contributed by atoms with van der Waals surface area (Å²) in [6.45, 7) is 1.77. The highest BCUT2D eigenvalue weighted by atomic mass is 32.2. The van der Waals surface area contributed by atoms with Crippen LogP contribution in [-0.2, 0) is 9.53 Å². The van der Waals surface area contributed by atoms with Gasteiger partial charge in [-0.1, -0.05) is 18.2 Å². The molecule has 0 spiro atoms. The number of benzene rings is 1. The molecule has 1 aliphatic rings. The summed E-state index contributed by atoms with van der Waals surface area (Å²) in [7, 11) is 0. The van der Waals surface area contributed by atoms with E-state index in [0.29, 0.717) is 6.61 Å². The smallest absolute Gasteiger partial charge is 0.302 e. The molecule has 1 fully saturated rings. The second kappa shape index (κ2) is 6.10. The summed E-state index contributed by atoms with van der Waals surface area (Å²) < 4.78 is 5.01. The Morgan fingerprint density at radius 2 is 2.00 bits per heavy atom. The van der Waals surface area contributed by atoms with Crippen LogP contribution >= 0.6 is 11.8 Å². The number of hydrogen-bond acceptors (Lipinski definition) is 3. The second-order valence-electron chi connectivity index (χ2n) is 3.61. The molecule has 0 aliphatic heterocycles. The van der Waals surface area contributed by atoms with E-state index in [0.717, 1.165) is 11.2 Å². The number of esters is 1. The maximum atomic E-state index is 10.8. The van der Waals surface area contributed by atoms with E-state index >= 15 is 0 Å². The lowest BCUT2D eigenvalue weighted by molar-refractivity contribution is -0.140. The number of carbonyl (C=O) groups excluding carboxylic acids is 1. The van der Waals surface area contributed by atoms with Crippen LogP contribution in [0.15, 0.2) is 35.2 Å². The lowest BCUT2D eigenvalue weighted by Gasteiger charge is -2.16. The Labute approximate surface area is 107 Å². The van der Waals surface area contributed by atoms with Crippen molar-refractivity contribution in [2.24, 2.45) is 0 Å². The van der Waals surface area contributed by atoms with Crippen molar-refractivity contribution in [3.63, 3.8) is 0 Å². The molecule has 0 aromatic heterocycles. The van der Waals surface area contributed by atoms with Crippen LogP contribution in [0.1, 0.15) is 6.92 Å². The van der Waals surface area contributed by atoms with Gasteiger partial charge in [-0.15, -0.1) is 11.8 Å². The molecule has 5 radical (unpaired) electrons. The van der Waals surface area contributed by atoms with Crippen LogP contribution in [0.5, 0.6) is 0 Å². The zero-order valence-corrected chi connectivity index (χ0v) is 10.4. The van der Waals surface area contributed by atoms with Crippen LogP contribution in [-0.4, -0.2) is 12.6 Å². The molecule has 87 valence electrons. The first-order chi connectivity index (χ1) is 8.25. The molecule has 2 rings (SSSR count). The molecule has 3 heteroatoms. The van der Waals surface area contributed by atoms with Gasteiger partial charge in [0.05, 0.1) is 6.61 Å². The van der Waals surface area contributed by atoms with Gasteiger partial charge in [0.2, 0.25) is 0 Å². The maximum absolute atomic E-state index is 10.8. The van der Waals surface area contributed by atoms with Crippen LogP contribution < -0.4 is 0 Å². The third-order valence-electron chi connectivity index (χ3n) is 2.26. The fraction of sp³-hybridized carbons (Fsp3) is 0.143. The highest BCUT2D eigenvalue weighted by Crippen LogP contribution is 2.44. The zero-order chi connectivity index (χ0) is 12.1. The molecular weight excluding hydrogens is 232 g/mol. The fourth-order valence-electron chi connectivity index (χ4n) is 1.45. The Hall–Kier alpha value is -0.960.